The Balaban J connectivity index is 1.57. The molecule has 0 aliphatic heterocycles. The van der Waals surface area contributed by atoms with E-state index < -0.39 is 15.8 Å². The number of rotatable bonds is 10. The summed E-state index contributed by atoms with van der Waals surface area (Å²) in [6, 6.07) is 8.12. The number of hydrogen-bond acceptors (Lipinski definition) is 10. The first-order chi connectivity index (χ1) is 16.1. The molecule has 1 amide bonds. The Hall–Kier alpha value is -2.77. The molecule has 34 heavy (non-hydrogen) atoms. The van der Waals surface area contributed by atoms with Gasteiger partial charge in [0.25, 0.3) is 0 Å². The lowest BCUT2D eigenvalue weighted by atomic mass is 10.2. The van der Waals surface area contributed by atoms with Crippen molar-refractivity contribution in [1.82, 2.24) is 19.7 Å². The number of thioether (sulfide) groups is 1. The van der Waals surface area contributed by atoms with Crippen LogP contribution in [0.5, 0.6) is 0 Å². The van der Waals surface area contributed by atoms with Gasteiger partial charge in [0.05, 0.1) is 22.9 Å². The molecule has 1 N–H and O–H groups in total. The fourth-order valence-electron chi connectivity index (χ4n) is 2.71. The van der Waals surface area contributed by atoms with Crippen LogP contribution < -0.4 is 5.32 Å². The third-order valence-corrected chi connectivity index (χ3v) is 8.16. The van der Waals surface area contributed by atoms with E-state index in [1.54, 1.807) is 36.7 Å². The number of amides is 1. The van der Waals surface area contributed by atoms with Crippen LogP contribution in [0.1, 0.15) is 35.0 Å². The Morgan fingerprint density at radius 2 is 1.91 bits per heavy atom. The maximum atomic E-state index is 12.6. The molecule has 1 aromatic carbocycles. The maximum Gasteiger partial charge on any atom is 0.350 e. The van der Waals surface area contributed by atoms with Gasteiger partial charge in [-0.1, -0.05) is 55.1 Å². The van der Waals surface area contributed by atoms with Gasteiger partial charge < -0.3 is 14.6 Å². The van der Waals surface area contributed by atoms with Crippen LogP contribution in [0.15, 0.2) is 40.4 Å². The van der Waals surface area contributed by atoms with E-state index in [1.165, 1.54) is 12.1 Å². The highest BCUT2D eigenvalue weighted by atomic mass is 32.2. The summed E-state index contributed by atoms with van der Waals surface area (Å²) in [4.78, 5) is 29.3. The van der Waals surface area contributed by atoms with E-state index >= 15 is 0 Å². The zero-order chi connectivity index (χ0) is 24.9. The van der Waals surface area contributed by atoms with E-state index in [2.05, 4.69) is 20.5 Å². The second kappa shape index (κ2) is 11.1. The second-order valence-corrected chi connectivity index (χ2v) is 11.7. The van der Waals surface area contributed by atoms with Crippen molar-refractivity contribution in [2.75, 3.05) is 17.7 Å². The topological polar surface area (TPSA) is 133 Å². The van der Waals surface area contributed by atoms with Gasteiger partial charge in [-0.15, -0.1) is 10.2 Å². The van der Waals surface area contributed by atoms with E-state index in [-0.39, 0.29) is 34.1 Å². The number of anilines is 1. The van der Waals surface area contributed by atoms with Crippen molar-refractivity contribution in [3.63, 3.8) is 0 Å². The minimum Gasteiger partial charge on any atom is -0.461 e. The zero-order valence-corrected chi connectivity index (χ0v) is 21.6. The smallest absolute Gasteiger partial charge is 0.350 e. The van der Waals surface area contributed by atoms with Gasteiger partial charge in [-0.2, -0.15) is 0 Å². The van der Waals surface area contributed by atoms with Gasteiger partial charge in [-0.05, 0) is 25.0 Å². The molecule has 0 fully saturated rings. The quantitative estimate of drug-likeness (QED) is 0.314. The van der Waals surface area contributed by atoms with Crippen LogP contribution >= 0.6 is 23.1 Å². The van der Waals surface area contributed by atoms with Crippen LogP contribution in [0.2, 0.25) is 0 Å². The van der Waals surface area contributed by atoms with E-state index in [0.29, 0.717) is 27.5 Å². The van der Waals surface area contributed by atoms with Gasteiger partial charge in [0.15, 0.2) is 20.1 Å². The van der Waals surface area contributed by atoms with Gasteiger partial charge >= 0.3 is 5.97 Å². The normalized spacial score (nSPS) is 11.6. The first-order valence-electron chi connectivity index (χ1n) is 10.3. The second-order valence-electron chi connectivity index (χ2n) is 7.79. The molecule has 0 bridgehead atoms. The molecule has 0 spiro atoms. The summed E-state index contributed by atoms with van der Waals surface area (Å²) in [5.74, 6) is -0.623. The molecule has 182 valence electrons. The molecule has 0 unspecified atom stereocenters. The predicted molar refractivity (Wildman–Crippen MR) is 130 cm³/mol. The van der Waals surface area contributed by atoms with Crippen molar-refractivity contribution in [1.29, 1.82) is 0 Å². The predicted octanol–water partition coefficient (Wildman–Crippen LogP) is 3.10. The summed E-state index contributed by atoms with van der Waals surface area (Å²) in [5.41, 5.74) is 0.485. The van der Waals surface area contributed by atoms with Crippen molar-refractivity contribution in [3.05, 3.63) is 46.7 Å². The first-order valence-corrected chi connectivity index (χ1v) is 13.8. The van der Waals surface area contributed by atoms with Gasteiger partial charge in [0.1, 0.15) is 16.5 Å². The summed E-state index contributed by atoms with van der Waals surface area (Å²) in [5, 5.41) is 11.3. The molecule has 0 radical (unpaired) electrons. The van der Waals surface area contributed by atoms with Crippen molar-refractivity contribution in [2.24, 2.45) is 13.0 Å². The molecular formula is C21H25N5O5S3. The van der Waals surface area contributed by atoms with Crippen LogP contribution in [0.4, 0.5) is 5.13 Å². The minimum absolute atomic E-state index is 0.00314. The molecule has 0 aliphatic carbocycles. The molecule has 0 aliphatic rings. The molecule has 0 atom stereocenters. The van der Waals surface area contributed by atoms with Gasteiger partial charge in [0.2, 0.25) is 5.91 Å². The summed E-state index contributed by atoms with van der Waals surface area (Å²) in [6.07, 6.45) is 0. The number of sulfone groups is 1. The summed E-state index contributed by atoms with van der Waals surface area (Å²) in [6.45, 7) is 5.87. The van der Waals surface area contributed by atoms with E-state index in [1.807, 2.05) is 13.8 Å². The Bertz CT molecular complexity index is 1270. The van der Waals surface area contributed by atoms with E-state index in [4.69, 9.17) is 4.74 Å². The Morgan fingerprint density at radius 3 is 2.59 bits per heavy atom. The third kappa shape index (κ3) is 6.64. The largest absolute Gasteiger partial charge is 0.461 e. The van der Waals surface area contributed by atoms with Crippen molar-refractivity contribution < 1.29 is 22.7 Å². The molecule has 2 heterocycles. The van der Waals surface area contributed by atoms with Gasteiger partial charge in [0, 0.05) is 7.05 Å². The Labute approximate surface area is 206 Å². The highest BCUT2D eigenvalue weighted by Gasteiger charge is 2.21. The summed E-state index contributed by atoms with van der Waals surface area (Å²) in [7, 11) is -1.92. The van der Waals surface area contributed by atoms with Crippen LogP contribution in [0.3, 0.4) is 0 Å². The monoisotopic (exact) mass is 523 g/mol. The van der Waals surface area contributed by atoms with E-state index in [0.717, 1.165) is 23.1 Å². The first kappa shape index (κ1) is 25.8. The lowest BCUT2D eigenvalue weighted by Crippen LogP contribution is -2.14. The molecule has 0 saturated carbocycles. The number of ether oxygens (including phenoxy) is 1. The van der Waals surface area contributed by atoms with E-state index in [9.17, 15) is 18.0 Å². The van der Waals surface area contributed by atoms with Crippen LogP contribution in [-0.2, 0) is 32.2 Å². The van der Waals surface area contributed by atoms with Crippen molar-refractivity contribution in [3.8, 4) is 0 Å². The number of carbonyl (C=O) groups excluding carboxylic acids is 2. The molecule has 3 rings (SSSR count). The fraction of sp³-hybridized carbons (Fsp3) is 0.381. The number of aryl methyl sites for hydroxylation is 1. The molecule has 10 nitrogen and oxygen atoms in total. The molecular weight excluding hydrogens is 498 g/mol. The highest BCUT2D eigenvalue weighted by molar-refractivity contribution is 7.99. The maximum absolute atomic E-state index is 12.6. The van der Waals surface area contributed by atoms with Crippen LogP contribution in [0.25, 0.3) is 0 Å². The number of thiazole rings is 1. The van der Waals surface area contributed by atoms with Gasteiger partial charge in [-0.25, -0.2) is 18.2 Å². The molecule has 13 heteroatoms. The number of aromatic nitrogens is 4. The molecule has 2 aromatic heterocycles. The van der Waals surface area contributed by atoms with Crippen LogP contribution in [-0.4, -0.2) is 52.4 Å². The highest BCUT2D eigenvalue weighted by Crippen LogP contribution is 2.25. The molecule has 0 saturated heterocycles. The molecule has 3 aromatic rings. The number of esters is 1. The summed E-state index contributed by atoms with van der Waals surface area (Å²) >= 11 is 2.17. The average molecular weight is 524 g/mol. The standard InChI is InChI=1S/C21H25N5O5S3/c1-13(2)10-31-19(28)18-14(3)22-20(33-18)23-17(27)11-32-21-25-24-16(26(21)4)12-34(29,30)15-8-6-5-7-9-15/h5-9,13H,10-12H2,1-4H3,(H,22,23,27). The number of nitrogens with one attached hydrogen (secondary N) is 1. The minimum atomic E-state index is -3.57. The zero-order valence-electron chi connectivity index (χ0n) is 19.1. The Morgan fingerprint density at radius 1 is 1.21 bits per heavy atom. The van der Waals surface area contributed by atoms with Crippen LogP contribution in [0, 0.1) is 12.8 Å². The number of nitrogens with zero attached hydrogens (tertiary/aromatic N) is 4. The van der Waals surface area contributed by atoms with Crippen molar-refractivity contribution in [2.45, 2.75) is 36.6 Å². The SMILES string of the molecule is Cc1nc(NC(=O)CSc2nnc(CS(=O)(=O)c3ccccc3)n2C)sc1C(=O)OCC(C)C. The Kier molecular flexibility index (Phi) is 8.44. The lowest BCUT2D eigenvalue weighted by Gasteiger charge is -2.06. The van der Waals surface area contributed by atoms with Crippen molar-refractivity contribution >= 4 is 49.9 Å². The fourth-order valence-corrected chi connectivity index (χ4v) is 5.65. The number of carbonyl (C=O) groups is 2. The summed E-state index contributed by atoms with van der Waals surface area (Å²) < 4.78 is 32.0. The number of hydrogen-bond donors (Lipinski definition) is 1. The van der Waals surface area contributed by atoms with Gasteiger partial charge in [-0.3, -0.25) is 4.79 Å². The average Bonchev–Trinajstić information content (AvgIpc) is 3.32. The number of benzene rings is 1. The lowest BCUT2D eigenvalue weighted by molar-refractivity contribution is -0.113. The third-order valence-electron chi connectivity index (χ3n) is 4.45.